The fourth-order valence-corrected chi connectivity index (χ4v) is 2.12. The van der Waals surface area contributed by atoms with E-state index >= 15 is 0 Å². The van der Waals surface area contributed by atoms with E-state index in [4.69, 9.17) is 0 Å². The Balaban J connectivity index is 0.00000400. The molecule has 1 N–H and O–H groups in total. The molecule has 8 heteroatoms. The zero-order valence-corrected chi connectivity index (χ0v) is 13.4. The van der Waals surface area contributed by atoms with Gasteiger partial charge in [0, 0.05) is 32.7 Å². The molecule has 0 unspecified atom stereocenters. The van der Waals surface area contributed by atoms with E-state index in [0.29, 0.717) is 26.2 Å². The lowest BCUT2D eigenvalue weighted by molar-refractivity contribution is -0.148. The molecular formula is C13H25ClF3N3O. The third-order valence-corrected chi connectivity index (χ3v) is 3.69. The van der Waals surface area contributed by atoms with Crippen molar-refractivity contribution in [2.24, 2.45) is 5.92 Å². The molecule has 1 aliphatic heterocycles. The lowest BCUT2D eigenvalue weighted by Crippen LogP contribution is -2.53. The standard InChI is InChI=1S/C13H24F3N3O.ClH/c1-3-18(4-2)7-8-19(6-5-13(14,15)16)12(20)11-9-17-10-11;/h11,17H,3-10H2,1-2H3;1H. The van der Waals surface area contributed by atoms with Crippen LogP contribution in [-0.4, -0.2) is 67.7 Å². The third kappa shape index (κ3) is 7.33. The van der Waals surface area contributed by atoms with Crippen LogP contribution in [0.2, 0.25) is 0 Å². The Morgan fingerprint density at radius 3 is 2.10 bits per heavy atom. The van der Waals surface area contributed by atoms with Crippen LogP contribution in [0.25, 0.3) is 0 Å². The van der Waals surface area contributed by atoms with Crippen LogP contribution in [0.3, 0.4) is 0 Å². The summed E-state index contributed by atoms with van der Waals surface area (Å²) in [5.41, 5.74) is 0. The van der Waals surface area contributed by atoms with Gasteiger partial charge in [-0.1, -0.05) is 13.8 Å². The SMILES string of the molecule is CCN(CC)CCN(CCC(F)(F)F)C(=O)C1CNC1.Cl. The predicted octanol–water partition coefficient (Wildman–Crippen LogP) is 1.75. The first-order valence-corrected chi connectivity index (χ1v) is 7.16. The second kappa shape index (κ2) is 9.48. The van der Waals surface area contributed by atoms with Crippen molar-refractivity contribution in [2.45, 2.75) is 26.4 Å². The Bertz CT molecular complexity index is 308. The number of alkyl halides is 3. The Kier molecular flexibility index (Phi) is 9.24. The third-order valence-electron chi connectivity index (χ3n) is 3.69. The van der Waals surface area contributed by atoms with Gasteiger partial charge in [-0.25, -0.2) is 0 Å². The Hall–Kier alpha value is -0.530. The van der Waals surface area contributed by atoms with E-state index in [1.807, 2.05) is 13.8 Å². The van der Waals surface area contributed by atoms with Crippen LogP contribution in [0.4, 0.5) is 13.2 Å². The van der Waals surface area contributed by atoms with Crippen molar-refractivity contribution in [1.29, 1.82) is 0 Å². The van der Waals surface area contributed by atoms with Gasteiger partial charge in [0.1, 0.15) is 0 Å². The number of nitrogens with one attached hydrogen (secondary N) is 1. The molecular weight excluding hydrogens is 307 g/mol. The fraction of sp³-hybridized carbons (Fsp3) is 0.923. The average molecular weight is 332 g/mol. The van der Waals surface area contributed by atoms with Crippen LogP contribution in [-0.2, 0) is 4.79 Å². The van der Waals surface area contributed by atoms with Crippen molar-refractivity contribution in [3.8, 4) is 0 Å². The summed E-state index contributed by atoms with van der Waals surface area (Å²) in [6.45, 7) is 7.58. The highest BCUT2D eigenvalue weighted by atomic mass is 35.5. The van der Waals surface area contributed by atoms with Crippen LogP contribution in [0.15, 0.2) is 0 Å². The molecule has 1 amide bonds. The molecule has 0 spiro atoms. The normalized spacial score (nSPS) is 15.5. The van der Waals surface area contributed by atoms with Crippen molar-refractivity contribution in [2.75, 3.05) is 45.8 Å². The van der Waals surface area contributed by atoms with Crippen LogP contribution < -0.4 is 5.32 Å². The molecule has 0 saturated carbocycles. The molecule has 0 radical (unpaired) electrons. The molecule has 21 heavy (non-hydrogen) atoms. The van der Waals surface area contributed by atoms with E-state index in [1.165, 1.54) is 4.90 Å². The highest BCUT2D eigenvalue weighted by molar-refractivity contribution is 5.85. The first-order chi connectivity index (χ1) is 9.37. The number of nitrogens with zero attached hydrogens (tertiary/aromatic N) is 2. The summed E-state index contributed by atoms with van der Waals surface area (Å²) in [7, 11) is 0. The summed E-state index contributed by atoms with van der Waals surface area (Å²) >= 11 is 0. The number of likely N-dealkylation sites (N-methyl/N-ethyl adjacent to an activating group) is 1. The molecule has 126 valence electrons. The number of rotatable bonds is 8. The number of carbonyl (C=O) groups is 1. The molecule has 0 aromatic carbocycles. The van der Waals surface area contributed by atoms with Crippen LogP contribution in [0, 0.1) is 5.92 Å². The minimum absolute atomic E-state index is 0. The molecule has 4 nitrogen and oxygen atoms in total. The predicted molar refractivity (Wildman–Crippen MR) is 78.6 cm³/mol. The number of carbonyl (C=O) groups excluding carboxylic acids is 1. The summed E-state index contributed by atoms with van der Waals surface area (Å²) in [5, 5.41) is 2.98. The molecule has 0 bridgehead atoms. The lowest BCUT2D eigenvalue weighted by atomic mass is 10.0. The highest BCUT2D eigenvalue weighted by Gasteiger charge is 2.33. The number of hydrogen-bond donors (Lipinski definition) is 1. The maximum atomic E-state index is 12.3. The molecule has 1 heterocycles. The summed E-state index contributed by atoms with van der Waals surface area (Å²) in [4.78, 5) is 15.6. The molecule has 1 aliphatic rings. The number of amides is 1. The van der Waals surface area contributed by atoms with E-state index in [-0.39, 0.29) is 30.8 Å². The van der Waals surface area contributed by atoms with Crippen molar-refractivity contribution in [3.05, 3.63) is 0 Å². The second-order valence-electron chi connectivity index (χ2n) is 5.07. The van der Waals surface area contributed by atoms with Gasteiger partial charge in [0.2, 0.25) is 5.91 Å². The van der Waals surface area contributed by atoms with Gasteiger partial charge in [-0.2, -0.15) is 13.2 Å². The smallest absolute Gasteiger partial charge is 0.341 e. The maximum Gasteiger partial charge on any atom is 0.390 e. The number of hydrogen-bond acceptors (Lipinski definition) is 3. The van der Waals surface area contributed by atoms with Crippen molar-refractivity contribution in [3.63, 3.8) is 0 Å². The van der Waals surface area contributed by atoms with Gasteiger partial charge < -0.3 is 15.1 Å². The Morgan fingerprint density at radius 2 is 1.71 bits per heavy atom. The van der Waals surface area contributed by atoms with Crippen LogP contribution >= 0.6 is 12.4 Å². The minimum Gasteiger partial charge on any atom is -0.341 e. The molecule has 0 aromatic heterocycles. The first kappa shape index (κ1) is 20.5. The van der Waals surface area contributed by atoms with E-state index in [0.717, 1.165) is 13.1 Å². The Labute approximate surface area is 130 Å². The quantitative estimate of drug-likeness (QED) is 0.736. The lowest BCUT2D eigenvalue weighted by Gasteiger charge is -2.33. The minimum atomic E-state index is -4.22. The second-order valence-corrected chi connectivity index (χ2v) is 5.07. The molecule has 1 saturated heterocycles. The molecule has 0 aliphatic carbocycles. The monoisotopic (exact) mass is 331 g/mol. The fourth-order valence-electron chi connectivity index (χ4n) is 2.12. The molecule has 0 atom stereocenters. The largest absolute Gasteiger partial charge is 0.390 e. The van der Waals surface area contributed by atoms with Gasteiger partial charge in [0.05, 0.1) is 12.3 Å². The van der Waals surface area contributed by atoms with Crippen molar-refractivity contribution >= 4 is 18.3 Å². The summed E-state index contributed by atoms with van der Waals surface area (Å²) in [6.07, 6.45) is -5.15. The Morgan fingerprint density at radius 1 is 1.14 bits per heavy atom. The average Bonchev–Trinajstić information content (AvgIpc) is 2.30. The van der Waals surface area contributed by atoms with Gasteiger partial charge in [-0.3, -0.25) is 4.79 Å². The van der Waals surface area contributed by atoms with E-state index in [1.54, 1.807) is 0 Å². The zero-order valence-electron chi connectivity index (χ0n) is 12.6. The summed E-state index contributed by atoms with van der Waals surface area (Å²) < 4.78 is 37.0. The van der Waals surface area contributed by atoms with Gasteiger partial charge in [0.15, 0.2) is 0 Å². The van der Waals surface area contributed by atoms with Crippen molar-refractivity contribution in [1.82, 2.24) is 15.1 Å². The highest BCUT2D eigenvalue weighted by Crippen LogP contribution is 2.20. The van der Waals surface area contributed by atoms with E-state index in [9.17, 15) is 18.0 Å². The number of halogens is 4. The van der Waals surface area contributed by atoms with Gasteiger partial charge in [-0.15, -0.1) is 12.4 Å². The maximum absolute atomic E-state index is 12.3. The molecule has 0 aromatic rings. The first-order valence-electron chi connectivity index (χ1n) is 7.16. The van der Waals surface area contributed by atoms with Gasteiger partial charge >= 0.3 is 6.18 Å². The topological polar surface area (TPSA) is 35.6 Å². The van der Waals surface area contributed by atoms with Gasteiger partial charge in [0.25, 0.3) is 0 Å². The van der Waals surface area contributed by atoms with E-state index in [2.05, 4.69) is 10.2 Å². The molecule has 1 fully saturated rings. The summed E-state index contributed by atoms with van der Waals surface area (Å²) in [5.74, 6) is -0.305. The molecule has 1 rings (SSSR count). The van der Waals surface area contributed by atoms with Crippen LogP contribution in [0.5, 0.6) is 0 Å². The van der Waals surface area contributed by atoms with E-state index < -0.39 is 12.6 Å². The zero-order chi connectivity index (χ0) is 15.2. The van der Waals surface area contributed by atoms with Crippen LogP contribution in [0.1, 0.15) is 20.3 Å². The summed E-state index contributed by atoms with van der Waals surface area (Å²) in [6, 6.07) is 0. The van der Waals surface area contributed by atoms with Crippen molar-refractivity contribution < 1.29 is 18.0 Å². The van der Waals surface area contributed by atoms with Gasteiger partial charge in [-0.05, 0) is 13.1 Å².